The second-order valence-electron chi connectivity index (χ2n) is 4.64. The van der Waals surface area contributed by atoms with Crippen molar-refractivity contribution in [1.82, 2.24) is 5.43 Å². The number of rotatable bonds is 3. The largest absolute Gasteiger partial charge is 0.331 e. The lowest BCUT2D eigenvalue weighted by molar-refractivity contribution is 1.05. The molecule has 2 aromatic carbocycles. The molecule has 0 aliphatic rings. The molecule has 0 aliphatic heterocycles. The summed E-state index contributed by atoms with van der Waals surface area (Å²) < 4.78 is 0.989. The maximum atomic E-state index is 5.21. The van der Waals surface area contributed by atoms with Gasteiger partial charge in [-0.05, 0) is 55.4 Å². The Morgan fingerprint density at radius 1 is 1.14 bits per heavy atom. The average molecular weight is 362 g/mol. The SMILES string of the molecule is Cc1ccc(NC(=S)N/N=C\c2ccccc2Br)cc1C. The van der Waals surface area contributed by atoms with Crippen LogP contribution in [0.5, 0.6) is 0 Å². The summed E-state index contributed by atoms with van der Waals surface area (Å²) in [5.41, 5.74) is 7.22. The smallest absolute Gasteiger partial charge is 0.191 e. The highest BCUT2D eigenvalue weighted by molar-refractivity contribution is 9.10. The van der Waals surface area contributed by atoms with Gasteiger partial charge in [0.05, 0.1) is 6.21 Å². The molecule has 0 fully saturated rings. The third-order valence-corrected chi connectivity index (χ3v) is 3.96. The van der Waals surface area contributed by atoms with E-state index in [9.17, 15) is 0 Å². The first-order valence-corrected chi connectivity index (χ1v) is 7.68. The van der Waals surface area contributed by atoms with E-state index in [2.05, 4.69) is 57.8 Å². The molecule has 2 aromatic rings. The van der Waals surface area contributed by atoms with Crippen LogP contribution in [0.3, 0.4) is 0 Å². The van der Waals surface area contributed by atoms with Gasteiger partial charge in [-0.25, -0.2) is 0 Å². The third kappa shape index (κ3) is 4.65. The summed E-state index contributed by atoms with van der Waals surface area (Å²) in [5.74, 6) is 0. The molecule has 0 radical (unpaired) electrons. The number of halogens is 1. The van der Waals surface area contributed by atoms with Crippen molar-refractivity contribution in [1.29, 1.82) is 0 Å². The molecule has 0 saturated carbocycles. The van der Waals surface area contributed by atoms with E-state index in [1.54, 1.807) is 6.21 Å². The molecule has 0 saturated heterocycles. The lowest BCUT2D eigenvalue weighted by atomic mass is 10.1. The quantitative estimate of drug-likeness (QED) is 0.483. The number of benzene rings is 2. The summed E-state index contributed by atoms with van der Waals surface area (Å²) in [4.78, 5) is 0. The Hall–Kier alpha value is -1.72. The molecule has 0 aliphatic carbocycles. The van der Waals surface area contributed by atoms with Gasteiger partial charge in [-0.2, -0.15) is 5.10 Å². The lowest BCUT2D eigenvalue weighted by Crippen LogP contribution is -2.23. The number of anilines is 1. The standard InChI is InChI=1S/C16H16BrN3S/c1-11-7-8-14(9-12(11)2)19-16(21)20-18-10-13-5-3-4-6-15(13)17/h3-10H,1-2H3,(H2,19,20,21)/b18-10-. The first-order chi connectivity index (χ1) is 10.1. The molecule has 0 bridgehead atoms. The number of hydrazone groups is 1. The summed E-state index contributed by atoms with van der Waals surface area (Å²) in [6.45, 7) is 4.15. The predicted molar refractivity (Wildman–Crippen MR) is 97.0 cm³/mol. The molecule has 108 valence electrons. The monoisotopic (exact) mass is 361 g/mol. The van der Waals surface area contributed by atoms with E-state index in [0.717, 1.165) is 15.7 Å². The van der Waals surface area contributed by atoms with Gasteiger partial charge in [0.2, 0.25) is 0 Å². The van der Waals surface area contributed by atoms with Gasteiger partial charge in [-0.1, -0.05) is 40.2 Å². The Bertz CT molecular complexity index is 683. The van der Waals surface area contributed by atoms with E-state index >= 15 is 0 Å². The minimum Gasteiger partial charge on any atom is -0.331 e. The Morgan fingerprint density at radius 2 is 1.90 bits per heavy atom. The Labute approximate surface area is 138 Å². The third-order valence-electron chi connectivity index (χ3n) is 3.04. The van der Waals surface area contributed by atoms with Crippen molar-refractivity contribution in [2.24, 2.45) is 5.10 Å². The van der Waals surface area contributed by atoms with Crippen molar-refractivity contribution in [3.8, 4) is 0 Å². The van der Waals surface area contributed by atoms with Crippen LogP contribution in [0.25, 0.3) is 0 Å². The van der Waals surface area contributed by atoms with Crippen molar-refractivity contribution in [3.63, 3.8) is 0 Å². The zero-order chi connectivity index (χ0) is 15.2. The van der Waals surface area contributed by atoms with Crippen molar-refractivity contribution < 1.29 is 0 Å². The first-order valence-electron chi connectivity index (χ1n) is 6.48. The molecule has 3 nitrogen and oxygen atoms in total. The van der Waals surface area contributed by atoms with Gasteiger partial charge < -0.3 is 5.32 Å². The molecule has 2 N–H and O–H groups in total. The van der Waals surface area contributed by atoms with E-state index < -0.39 is 0 Å². The highest BCUT2D eigenvalue weighted by Crippen LogP contribution is 2.14. The molecular weight excluding hydrogens is 346 g/mol. The molecular formula is C16H16BrN3S. The summed E-state index contributed by atoms with van der Waals surface area (Å²) >= 11 is 8.68. The molecule has 5 heteroatoms. The number of aryl methyl sites for hydroxylation is 2. The maximum Gasteiger partial charge on any atom is 0.191 e. The average Bonchev–Trinajstić information content (AvgIpc) is 2.45. The summed E-state index contributed by atoms with van der Waals surface area (Å²) in [7, 11) is 0. The van der Waals surface area contributed by atoms with Gasteiger partial charge >= 0.3 is 0 Å². The molecule has 0 amide bonds. The molecule has 0 aromatic heterocycles. The Morgan fingerprint density at radius 3 is 2.62 bits per heavy atom. The van der Waals surface area contributed by atoms with Gasteiger partial charge in [-0.15, -0.1) is 0 Å². The maximum absolute atomic E-state index is 5.21. The van der Waals surface area contributed by atoms with E-state index in [1.807, 2.05) is 30.3 Å². The second-order valence-corrected chi connectivity index (χ2v) is 5.91. The topological polar surface area (TPSA) is 36.4 Å². The zero-order valence-corrected chi connectivity index (χ0v) is 14.3. The summed E-state index contributed by atoms with van der Waals surface area (Å²) in [5, 5.41) is 7.70. The minimum absolute atomic E-state index is 0.460. The van der Waals surface area contributed by atoms with E-state index in [1.165, 1.54) is 11.1 Å². The fourth-order valence-corrected chi connectivity index (χ4v) is 2.28. The predicted octanol–water partition coefficient (Wildman–Crippen LogP) is 4.39. The fourth-order valence-electron chi connectivity index (χ4n) is 1.72. The highest BCUT2D eigenvalue weighted by atomic mass is 79.9. The lowest BCUT2D eigenvalue weighted by Gasteiger charge is -2.09. The van der Waals surface area contributed by atoms with Crippen LogP contribution >= 0.6 is 28.1 Å². The van der Waals surface area contributed by atoms with Gasteiger partial charge in [0.25, 0.3) is 0 Å². The Kier molecular flexibility index (Phi) is 5.47. The number of nitrogens with one attached hydrogen (secondary N) is 2. The van der Waals surface area contributed by atoms with Crippen LogP contribution in [-0.2, 0) is 0 Å². The zero-order valence-electron chi connectivity index (χ0n) is 11.9. The van der Waals surface area contributed by atoms with Crippen LogP contribution in [0.15, 0.2) is 52.0 Å². The number of hydrogen-bond acceptors (Lipinski definition) is 2. The van der Waals surface area contributed by atoms with Crippen molar-refractivity contribution in [2.45, 2.75) is 13.8 Å². The Balaban J connectivity index is 1.93. The fraction of sp³-hybridized carbons (Fsp3) is 0.125. The van der Waals surface area contributed by atoms with Crippen LogP contribution in [-0.4, -0.2) is 11.3 Å². The van der Waals surface area contributed by atoms with Crippen molar-refractivity contribution >= 4 is 45.2 Å². The normalized spacial score (nSPS) is 10.6. The van der Waals surface area contributed by atoms with E-state index in [4.69, 9.17) is 12.2 Å². The van der Waals surface area contributed by atoms with E-state index in [0.29, 0.717) is 5.11 Å². The molecule has 0 heterocycles. The number of nitrogens with zero attached hydrogens (tertiary/aromatic N) is 1. The number of hydrogen-bond donors (Lipinski definition) is 2. The first kappa shape index (κ1) is 15.7. The van der Waals surface area contributed by atoms with Crippen molar-refractivity contribution in [3.05, 3.63) is 63.6 Å². The molecule has 0 atom stereocenters. The van der Waals surface area contributed by atoms with Crippen LogP contribution in [0, 0.1) is 13.8 Å². The minimum atomic E-state index is 0.460. The van der Waals surface area contributed by atoms with Crippen LogP contribution < -0.4 is 10.7 Å². The van der Waals surface area contributed by atoms with Gasteiger partial charge in [-0.3, -0.25) is 5.43 Å². The highest BCUT2D eigenvalue weighted by Gasteiger charge is 1.99. The summed E-state index contributed by atoms with van der Waals surface area (Å²) in [6.07, 6.45) is 1.72. The van der Waals surface area contributed by atoms with Gasteiger partial charge in [0.1, 0.15) is 0 Å². The van der Waals surface area contributed by atoms with Crippen LogP contribution in [0.2, 0.25) is 0 Å². The van der Waals surface area contributed by atoms with Crippen LogP contribution in [0.1, 0.15) is 16.7 Å². The molecule has 21 heavy (non-hydrogen) atoms. The summed E-state index contributed by atoms with van der Waals surface area (Å²) in [6, 6.07) is 14.0. The molecule has 2 rings (SSSR count). The van der Waals surface area contributed by atoms with Crippen molar-refractivity contribution in [2.75, 3.05) is 5.32 Å². The van der Waals surface area contributed by atoms with Gasteiger partial charge in [0, 0.05) is 15.7 Å². The van der Waals surface area contributed by atoms with Gasteiger partial charge in [0.15, 0.2) is 5.11 Å². The second kappa shape index (κ2) is 7.33. The van der Waals surface area contributed by atoms with Crippen LogP contribution in [0.4, 0.5) is 5.69 Å². The molecule has 0 spiro atoms. The molecule has 0 unspecified atom stereocenters. The van der Waals surface area contributed by atoms with E-state index in [-0.39, 0.29) is 0 Å². The number of thiocarbonyl (C=S) groups is 1.